The molecule has 0 saturated heterocycles. The lowest BCUT2D eigenvalue weighted by Crippen LogP contribution is -2.00. The molecule has 0 amide bonds. The first-order valence-electron chi connectivity index (χ1n) is 4.51. The molecule has 0 aliphatic rings. The molecule has 0 radical (unpaired) electrons. The second-order valence-corrected chi connectivity index (χ2v) is 3.38. The molecule has 0 fully saturated rings. The summed E-state index contributed by atoms with van der Waals surface area (Å²) in [5, 5.41) is 0. The molecule has 0 atom stereocenters. The Labute approximate surface area is 82.6 Å². The molecule has 4 nitrogen and oxygen atoms in total. The largest absolute Gasteiger partial charge is 0.378 e. The van der Waals surface area contributed by atoms with E-state index in [0.717, 1.165) is 22.7 Å². The zero-order chi connectivity index (χ0) is 10.1. The molecule has 2 heterocycles. The number of ether oxygens (including phenoxy) is 1. The fourth-order valence-corrected chi connectivity index (χ4v) is 1.55. The van der Waals surface area contributed by atoms with Gasteiger partial charge in [-0.2, -0.15) is 0 Å². The summed E-state index contributed by atoms with van der Waals surface area (Å²) in [5.41, 5.74) is 3.74. The van der Waals surface area contributed by atoms with Gasteiger partial charge in [0.2, 0.25) is 0 Å². The molecule has 0 aliphatic carbocycles. The highest BCUT2D eigenvalue weighted by Gasteiger charge is 2.06. The molecule has 0 aliphatic heterocycles. The maximum absolute atomic E-state index is 5.08. The van der Waals surface area contributed by atoms with Crippen LogP contribution in [0, 0.1) is 13.8 Å². The molecular weight excluding hydrogens is 178 g/mol. The third kappa shape index (κ3) is 1.48. The summed E-state index contributed by atoms with van der Waals surface area (Å²) in [4.78, 5) is 8.79. The number of fused-ring (bicyclic) bond motifs is 1. The zero-order valence-electron chi connectivity index (χ0n) is 8.61. The average molecular weight is 191 g/mol. The molecule has 74 valence electrons. The van der Waals surface area contributed by atoms with Gasteiger partial charge >= 0.3 is 0 Å². The van der Waals surface area contributed by atoms with Crippen LogP contribution in [-0.4, -0.2) is 21.5 Å². The number of nitrogens with zero attached hydrogens (tertiary/aromatic N) is 3. The standard InChI is InChI=1S/C10H13N3O/c1-7-4-13-5-8(2)12-10(13)9(11-7)6-14-3/h4-5H,6H2,1-3H3. The molecular formula is C10H13N3O. The van der Waals surface area contributed by atoms with Crippen LogP contribution in [-0.2, 0) is 11.3 Å². The first-order chi connectivity index (χ1) is 6.70. The van der Waals surface area contributed by atoms with Crippen molar-refractivity contribution < 1.29 is 4.74 Å². The van der Waals surface area contributed by atoms with Crippen LogP contribution in [0.1, 0.15) is 17.1 Å². The van der Waals surface area contributed by atoms with Crippen LogP contribution in [0.15, 0.2) is 12.4 Å². The van der Waals surface area contributed by atoms with E-state index in [4.69, 9.17) is 4.74 Å². The van der Waals surface area contributed by atoms with Crippen molar-refractivity contribution in [3.63, 3.8) is 0 Å². The Bertz CT molecular complexity index is 462. The monoisotopic (exact) mass is 191 g/mol. The van der Waals surface area contributed by atoms with E-state index in [9.17, 15) is 0 Å². The third-order valence-electron chi connectivity index (χ3n) is 2.03. The van der Waals surface area contributed by atoms with Gasteiger partial charge in [-0.15, -0.1) is 0 Å². The number of imidazole rings is 1. The van der Waals surface area contributed by atoms with Crippen LogP contribution in [0.25, 0.3) is 5.65 Å². The van der Waals surface area contributed by atoms with Crippen LogP contribution in [0.5, 0.6) is 0 Å². The van der Waals surface area contributed by atoms with Crippen molar-refractivity contribution >= 4 is 5.65 Å². The molecule has 2 aromatic heterocycles. The van der Waals surface area contributed by atoms with Gasteiger partial charge in [0.05, 0.1) is 18.0 Å². The van der Waals surface area contributed by atoms with Crippen LogP contribution in [0.3, 0.4) is 0 Å². The molecule has 14 heavy (non-hydrogen) atoms. The highest BCUT2D eigenvalue weighted by molar-refractivity contribution is 5.45. The van der Waals surface area contributed by atoms with Gasteiger partial charge in [-0.1, -0.05) is 0 Å². The molecule has 0 spiro atoms. The van der Waals surface area contributed by atoms with Crippen molar-refractivity contribution in [3.8, 4) is 0 Å². The van der Waals surface area contributed by atoms with Crippen LogP contribution >= 0.6 is 0 Å². The quantitative estimate of drug-likeness (QED) is 0.722. The Hall–Kier alpha value is -1.42. The van der Waals surface area contributed by atoms with Crippen LogP contribution in [0.4, 0.5) is 0 Å². The summed E-state index contributed by atoms with van der Waals surface area (Å²) in [7, 11) is 1.66. The predicted molar refractivity (Wildman–Crippen MR) is 53.2 cm³/mol. The molecule has 2 aromatic rings. The van der Waals surface area contributed by atoms with Gasteiger partial charge in [-0.05, 0) is 13.8 Å². The average Bonchev–Trinajstić information content (AvgIpc) is 2.45. The lowest BCUT2D eigenvalue weighted by molar-refractivity contribution is 0.182. The summed E-state index contributed by atoms with van der Waals surface area (Å²) >= 11 is 0. The summed E-state index contributed by atoms with van der Waals surface area (Å²) in [6, 6.07) is 0. The van der Waals surface area contributed by atoms with Crippen molar-refractivity contribution in [2.45, 2.75) is 20.5 Å². The SMILES string of the molecule is COCc1nc(C)cn2cc(C)nc12. The third-order valence-corrected chi connectivity index (χ3v) is 2.03. The van der Waals surface area contributed by atoms with E-state index in [2.05, 4.69) is 9.97 Å². The van der Waals surface area contributed by atoms with Crippen molar-refractivity contribution in [2.24, 2.45) is 0 Å². The predicted octanol–water partition coefficient (Wildman–Crippen LogP) is 1.49. The van der Waals surface area contributed by atoms with Crippen LogP contribution < -0.4 is 0 Å². The van der Waals surface area contributed by atoms with Gasteiger partial charge in [-0.3, -0.25) is 4.98 Å². The van der Waals surface area contributed by atoms with E-state index in [0.29, 0.717) is 6.61 Å². The lowest BCUT2D eigenvalue weighted by atomic mass is 10.4. The summed E-state index contributed by atoms with van der Waals surface area (Å²) in [5.74, 6) is 0. The molecule has 0 N–H and O–H groups in total. The molecule has 2 rings (SSSR count). The normalized spacial score (nSPS) is 11.1. The topological polar surface area (TPSA) is 39.4 Å². The summed E-state index contributed by atoms with van der Waals surface area (Å²) < 4.78 is 7.08. The number of methoxy groups -OCH3 is 1. The highest BCUT2D eigenvalue weighted by atomic mass is 16.5. The fraction of sp³-hybridized carbons (Fsp3) is 0.400. The Morgan fingerprint density at radius 2 is 1.86 bits per heavy atom. The van der Waals surface area contributed by atoms with Gasteiger partial charge < -0.3 is 9.14 Å². The smallest absolute Gasteiger partial charge is 0.161 e. The fourth-order valence-electron chi connectivity index (χ4n) is 1.55. The Balaban J connectivity index is 2.66. The molecule has 0 bridgehead atoms. The van der Waals surface area contributed by atoms with E-state index in [1.54, 1.807) is 7.11 Å². The number of hydrogen-bond donors (Lipinski definition) is 0. The number of aryl methyl sites for hydroxylation is 2. The Morgan fingerprint density at radius 1 is 1.21 bits per heavy atom. The van der Waals surface area contributed by atoms with Crippen molar-refractivity contribution in [1.29, 1.82) is 0 Å². The number of hydrogen-bond acceptors (Lipinski definition) is 3. The number of rotatable bonds is 2. The maximum Gasteiger partial charge on any atom is 0.161 e. The summed E-state index contributed by atoms with van der Waals surface area (Å²) in [6.45, 7) is 4.44. The van der Waals surface area contributed by atoms with Crippen molar-refractivity contribution in [1.82, 2.24) is 14.4 Å². The first kappa shape index (κ1) is 9.15. The Kier molecular flexibility index (Phi) is 2.21. The van der Waals surface area contributed by atoms with E-state index >= 15 is 0 Å². The zero-order valence-corrected chi connectivity index (χ0v) is 8.61. The minimum absolute atomic E-state index is 0.502. The van der Waals surface area contributed by atoms with E-state index in [-0.39, 0.29) is 0 Å². The van der Waals surface area contributed by atoms with Gasteiger partial charge in [0.25, 0.3) is 0 Å². The van der Waals surface area contributed by atoms with Crippen molar-refractivity contribution in [2.75, 3.05) is 7.11 Å². The minimum Gasteiger partial charge on any atom is -0.378 e. The molecule has 0 saturated carbocycles. The molecule has 0 unspecified atom stereocenters. The molecule has 0 aromatic carbocycles. The van der Waals surface area contributed by atoms with E-state index in [1.165, 1.54) is 0 Å². The van der Waals surface area contributed by atoms with Gasteiger partial charge in [0.15, 0.2) is 5.65 Å². The second-order valence-electron chi connectivity index (χ2n) is 3.38. The second kappa shape index (κ2) is 3.38. The van der Waals surface area contributed by atoms with E-state index < -0.39 is 0 Å². The van der Waals surface area contributed by atoms with Gasteiger partial charge in [0, 0.05) is 19.5 Å². The Morgan fingerprint density at radius 3 is 2.50 bits per heavy atom. The first-order valence-corrected chi connectivity index (χ1v) is 4.51. The highest BCUT2D eigenvalue weighted by Crippen LogP contribution is 2.10. The number of aromatic nitrogens is 3. The summed E-state index contributed by atoms with van der Waals surface area (Å²) in [6.07, 6.45) is 3.96. The van der Waals surface area contributed by atoms with E-state index in [1.807, 2.05) is 30.6 Å². The lowest BCUT2D eigenvalue weighted by Gasteiger charge is -2.02. The van der Waals surface area contributed by atoms with Gasteiger partial charge in [0.1, 0.15) is 5.69 Å². The maximum atomic E-state index is 5.08. The van der Waals surface area contributed by atoms with Gasteiger partial charge in [-0.25, -0.2) is 4.98 Å². The molecule has 4 heteroatoms. The minimum atomic E-state index is 0.502. The van der Waals surface area contributed by atoms with Crippen molar-refractivity contribution in [3.05, 3.63) is 29.5 Å². The van der Waals surface area contributed by atoms with Crippen LogP contribution in [0.2, 0.25) is 0 Å².